The van der Waals surface area contributed by atoms with E-state index in [1.165, 1.54) is 0 Å². The Kier molecular flexibility index (Phi) is 3.28. The molecule has 0 bridgehead atoms. The van der Waals surface area contributed by atoms with Gasteiger partial charge in [0.05, 0.1) is 6.42 Å². The van der Waals surface area contributed by atoms with E-state index >= 15 is 0 Å². The topological polar surface area (TPSA) is 47.2 Å². The Morgan fingerprint density at radius 3 is 2.50 bits per heavy atom. The van der Waals surface area contributed by atoms with E-state index in [1.54, 1.807) is 12.1 Å². The Labute approximate surface area is 107 Å². The molecule has 0 fully saturated rings. The quantitative estimate of drug-likeness (QED) is 0.398. The molecule has 82 valence electrons. The summed E-state index contributed by atoms with van der Waals surface area (Å²) in [7, 11) is 0. The van der Waals surface area contributed by atoms with Gasteiger partial charge in [0.15, 0.2) is 5.75 Å². The number of hydrogen-bond donors (Lipinski definition) is 1. The molecule has 1 N–H and O–H groups in total. The number of pyridine rings is 1. The van der Waals surface area contributed by atoms with Gasteiger partial charge in [0, 0.05) is 28.7 Å². The fraction of sp³-hybridized carbons (Fsp3) is 0.0833. The van der Waals surface area contributed by atoms with Crippen LogP contribution in [0, 0.1) is 8.91 Å². The molecule has 1 aromatic carbocycles. The molecular formula is C12H10INO2. The molecule has 4 heteroatoms. The van der Waals surface area contributed by atoms with Gasteiger partial charge in [-0.2, -0.15) is 4.73 Å². The first-order valence-corrected chi connectivity index (χ1v) is 5.90. The first-order chi connectivity index (χ1) is 7.68. The van der Waals surface area contributed by atoms with E-state index in [9.17, 15) is 10.3 Å². The lowest BCUT2D eigenvalue weighted by Crippen LogP contribution is -2.35. The van der Waals surface area contributed by atoms with Gasteiger partial charge in [0.25, 0.3) is 3.70 Å². The second-order valence-corrected chi connectivity index (χ2v) is 4.55. The lowest BCUT2D eigenvalue weighted by atomic mass is 10.1. The van der Waals surface area contributed by atoms with E-state index in [0.29, 0.717) is 15.8 Å². The predicted octanol–water partition coefficient (Wildman–Crippen LogP) is 2.22. The fourth-order valence-corrected chi connectivity index (χ4v) is 1.97. The molecule has 0 aliphatic rings. The summed E-state index contributed by atoms with van der Waals surface area (Å²) in [5.41, 5.74) is 1.39. The van der Waals surface area contributed by atoms with Gasteiger partial charge in [-0.25, -0.2) is 0 Å². The third-order valence-corrected chi connectivity index (χ3v) is 3.13. The highest BCUT2D eigenvalue weighted by molar-refractivity contribution is 14.1. The highest BCUT2D eigenvalue weighted by Crippen LogP contribution is 2.17. The monoisotopic (exact) mass is 327 g/mol. The molecule has 0 radical (unpaired) electrons. The fourth-order valence-electron chi connectivity index (χ4n) is 1.50. The summed E-state index contributed by atoms with van der Waals surface area (Å²) in [6.07, 6.45) is 0.438. The number of aromatic nitrogens is 1. The summed E-state index contributed by atoms with van der Waals surface area (Å²) >= 11 is 1.95. The summed E-state index contributed by atoms with van der Waals surface area (Å²) in [5, 5.41) is 21.4. The Morgan fingerprint density at radius 2 is 1.81 bits per heavy atom. The van der Waals surface area contributed by atoms with Crippen molar-refractivity contribution in [3.05, 3.63) is 62.6 Å². The minimum absolute atomic E-state index is 0.0410. The van der Waals surface area contributed by atoms with Crippen LogP contribution in [0.25, 0.3) is 0 Å². The van der Waals surface area contributed by atoms with Crippen molar-refractivity contribution >= 4 is 22.6 Å². The minimum atomic E-state index is 0.0410. The van der Waals surface area contributed by atoms with Gasteiger partial charge in [0.1, 0.15) is 0 Å². The SMILES string of the molecule is [O-][n+]1c(I)ccc(O)c1Cc1ccccc1. The van der Waals surface area contributed by atoms with Crippen LogP contribution in [0.5, 0.6) is 5.75 Å². The zero-order chi connectivity index (χ0) is 11.5. The molecule has 0 atom stereocenters. The van der Waals surface area contributed by atoms with E-state index < -0.39 is 0 Å². The van der Waals surface area contributed by atoms with Crippen molar-refractivity contribution in [2.24, 2.45) is 0 Å². The zero-order valence-electron chi connectivity index (χ0n) is 8.43. The molecule has 0 aliphatic carbocycles. The molecule has 1 heterocycles. The minimum Gasteiger partial charge on any atom is -0.618 e. The first kappa shape index (κ1) is 11.2. The van der Waals surface area contributed by atoms with Crippen molar-refractivity contribution < 1.29 is 9.84 Å². The van der Waals surface area contributed by atoms with Gasteiger partial charge >= 0.3 is 0 Å². The average Bonchev–Trinajstić information content (AvgIpc) is 2.31. The second kappa shape index (κ2) is 4.69. The van der Waals surface area contributed by atoms with Crippen LogP contribution >= 0.6 is 22.6 Å². The summed E-state index contributed by atoms with van der Waals surface area (Å²) in [4.78, 5) is 0. The van der Waals surface area contributed by atoms with Crippen molar-refractivity contribution in [1.82, 2.24) is 0 Å². The molecular weight excluding hydrogens is 317 g/mol. The van der Waals surface area contributed by atoms with Gasteiger partial charge in [0.2, 0.25) is 5.69 Å². The van der Waals surface area contributed by atoms with Crippen LogP contribution in [-0.2, 0) is 6.42 Å². The number of nitrogens with zero attached hydrogens (tertiary/aromatic N) is 1. The third-order valence-electron chi connectivity index (χ3n) is 2.33. The highest BCUT2D eigenvalue weighted by Gasteiger charge is 2.15. The number of rotatable bonds is 2. The van der Waals surface area contributed by atoms with E-state index in [-0.39, 0.29) is 5.75 Å². The Balaban J connectivity index is 2.38. The molecule has 0 saturated heterocycles. The molecule has 16 heavy (non-hydrogen) atoms. The molecule has 2 aromatic rings. The van der Waals surface area contributed by atoms with Crippen LogP contribution in [0.15, 0.2) is 42.5 Å². The van der Waals surface area contributed by atoms with E-state index in [2.05, 4.69) is 0 Å². The Morgan fingerprint density at radius 1 is 1.12 bits per heavy atom. The van der Waals surface area contributed by atoms with Crippen molar-refractivity contribution in [1.29, 1.82) is 0 Å². The van der Waals surface area contributed by atoms with Crippen molar-refractivity contribution in [3.8, 4) is 5.75 Å². The largest absolute Gasteiger partial charge is 0.618 e. The van der Waals surface area contributed by atoms with E-state index in [0.717, 1.165) is 10.3 Å². The van der Waals surface area contributed by atoms with Gasteiger partial charge < -0.3 is 10.3 Å². The molecule has 0 aliphatic heterocycles. The zero-order valence-corrected chi connectivity index (χ0v) is 10.6. The Hall–Kier alpha value is -1.30. The first-order valence-electron chi connectivity index (χ1n) is 4.82. The lowest BCUT2D eigenvalue weighted by Gasteiger charge is -2.07. The van der Waals surface area contributed by atoms with Crippen LogP contribution in [0.2, 0.25) is 0 Å². The summed E-state index contributed by atoms with van der Waals surface area (Å²) in [6, 6.07) is 12.7. The summed E-state index contributed by atoms with van der Waals surface area (Å²) in [5.74, 6) is 0.0410. The Bertz CT molecular complexity index is 500. The average molecular weight is 327 g/mol. The predicted molar refractivity (Wildman–Crippen MR) is 69.0 cm³/mol. The maximum absolute atomic E-state index is 11.7. The highest BCUT2D eigenvalue weighted by atomic mass is 127. The second-order valence-electron chi connectivity index (χ2n) is 3.44. The number of aromatic hydroxyl groups is 1. The van der Waals surface area contributed by atoms with Crippen LogP contribution < -0.4 is 4.73 Å². The van der Waals surface area contributed by atoms with Crippen molar-refractivity contribution in [2.45, 2.75) is 6.42 Å². The maximum Gasteiger partial charge on any atom is 0.252 e. The molecule has 2 rings (SSSR count). The van der Waals surface area contributed by atoms with E-state index in [1.807, 2.05) is 52.9 Å². The summed E-state index contributed by atoms with van der Waals surface area (Å²) < 4.78 is 1.32. The van der Waals surface area contributed by atoms with Gasteiger partial charge in [-0.15, -0.1) is 0 Å². The number of halogens is 1. The number of hydrogen-bond acceptors (Lipinski definition) is 2. The smallest absolute Gasteiger partial charge is 0.252 e. The van der Waals surface area contributed by atoms with Crippen LogP contribution in [0.1, 0.15) is 11.3 Å². The molecule has 0 amide bonds. The third kappa shape index (κ3) is 2.27. The van der Waals surface area contributed by atoms with Crippen molar-refractivity contribution in [2.75, 3.05) is 0 Å². The maximum atomic E-state index is 11.7. The standard InChI is InChI=1S/C12H10INO2/c13-12-7-6-11(15)10(14(12)16)8-9-4-2-1-3-5-9/h1-7,15H,8H2. The van der Waals surface area contributed by atoms with Crippen LogP contribution in [0.3, 0.4) is 0 Å². The van der Waals surface area contributed by atoms with Gasteiger partial charge in [-0.1, -0.05) is 30.3 Å². The summed E-state index contributed by atoms with van der Waals surface area (Å²) in [6.45, 7) is 0. The molecule has 3 nitrogen and oxygen atoms in total. The van der Waals surface area contributed by atoms with Gasteiger partial charge in [-0.3, -0.25) is 0 Å². The van der Waals surface area contributed by atoms with Crippen molar-refractivity contribution in [3.63, 3.8) is 0 Å². The van der Waals surface area contributed by atoms with Crippen LogP contribution in [0.4, 0.5) is 0 Å². The number of benzene rings is 1. The van der Waals surface area contributed by atoms with Crippen LogP contribution in [-0.4, -0.2) is 5.11 Å². The van der Waals surface area contributed by atoms with Gasteiger partial charge in [-0.05, 0) is 11.6 Å². The molecule has 0 saturated carbocycles. The normalized spacial score (nSPS) is 10.3. The van der Waals surface area contributed by atoms with E-state index in [4.69, 9.17) is 0 Å². The molecule has 1 aromatic heterocycles. The molecule has 0 spiro atoms. The molecule has 0 unspecified atom stereocenters. The lowest BCUT2D eigenvalue weighted by molar-refractivity contribution is -0.627.